The first-order chi connectivity index (χ1) is 14.7. The topological polar surface area (TPSA) is 59.2 Å². The number of hydrogen-bond donors (Lipinski definition) is 0. The minimum absolute atomic E-state index is 0.233. The Bertz CT molecular complexity index is 1090. The number of likely N-dealkylation sites (tertiary alicyclic amines) is 1. The van der Waals surface area contributed by atoms with Gasteiger partial charge in [-0.05, 0) is 61.9 Å². The Morgan fingerprint density at radius 1 is 1.07 bits per heavy atom. The first-order valence-corrected chi connectivity index (χ1v) is 11.8. The molecule has 30 heavy (non-hydrogen) atoms. The minimum atomic E-state index is 0.233. The van der Waals surface area contributed by atoms with Crippen molar-refractivity contribution in [2.45, 2.75) is 43.8 Å². The van der Waals surface area contributed by atoms with Crippen LogP contribution in [0.3, 0.4) is 0 Å². The number of furan rings is 1. The highest BCUT2D eigenvalue weighted by molar-refractivity contribution is 7.98. The van der Waals surface area contributed by atoms with Gasteiger partial charge < -0.3 is 4.42 Å². The fourth-order valence-corrected chi connectivity index (χ4v) is 4.91. The molecule has 0 spiro atoms. The number of carbonyl (C=O) groups is 1. The van der Waals surface area contributed by atoms with E-state index < -0.39 is 0 Å². The van der Waals surface area contributed by atoms with E-state index in [0.29, 0.717) is 6.42 Å². The molecule has 1 fully saturated rings. The predicted molar refractivity (Wildman–Crippen MR) is 119 cm³/mol. The standard InChI is InChI=1S/C24H25N3O2S/c1-30-24-25-11-10-21(26-24)23-20(14-16(29-23)15-27-12-3-2-4-13-27)17-6-5-7-19-18(17)8-9-22(19)28/h5-7,10-11,14H,2-4,8-9,12-13,15H2,1H3. The summed E-state index contributed by atoms with van der Waals surface area (Å²) in [7, 11) is 0. The van der Waals surface area contributed by atoms with E-state index in [1.54, 1.807) is 6.20 Å². The molecule has 0 bridgehead atoms. The number of piperidine rings is 1. The van der Waals surface area contributed by atoms with Gasteiger partial charge in [-0.25, -0.2) is 9.97 Å². The molecular formula is C24H25N3O2S. The average molecular weight is 420 g/mol. The van der Waals surface area contributed by atoms with E-state index in [4.69, 9.17) is 9.40 Å². The Morgan fingerprint density at radius 3 is 2.73 bits per heavy atom. The third kappa shape index (κ3) is 3.70. The number of ketones is 1. The van der Waals surface area contributed by atoms with Crippen LogP contribution in [0.1, 0.15) is 47.4 Å². The van der Waals surface area contributed by atoms with E-state index in [0.717, 1.165) is 70.7 Å². The lowest BCUT2D eigenvalue weighted by atomic mass is 9.96. The fourth-order valence-electron chi connectivity index (χ4n) is 4.56. The molecule has 1 aromatic carbocycles. The molecular weight excluding hydrogens is 394 g/mol. The number of benzene rings is 1. The Kier molecular flexibility index (Phi) is 5.44. The van der Waals surface area contributed by atoms with Crippen molar-refractivity contribution in [3.8, 4) is 22.6 Å². The quantitative estimate of drug-likeness (QED) is 0.416. The predicted octanol–water partition coefficient (Wildman–Crippen LogP) is 5.24. The van der Waals surface area contributed by atoms with Crippen molar-refractivity contribution in [2.24, 2.45) is 0 Å². The van der Waals surface area contributed by atoms with Crippen LogP contribution in [-0.4, -0.2) is 40.0 Å². The molecule has 2 aliphatic rings. The van der Waals surface area contributed by atoms with Crippen molar-refractivity contribution in [3.63, 3.8) is 0 Å². The molecule has 0 amide bonds. The summed E-state index contributed by atoms with van der Waals surface area (Å²) in [5, 5.41) is 0.723. The number of nitrogens with zero attached hydrogens (tertiary/aromatic N) is 3. The van der Waals surface area contributed by atoms with E-state index in [9.17, 15) is 4.79 Å². The van der Waals surface area contributed by atoms with E-state index in [1.165, 1.54) is 31.0 Å². The van der Waals surface area contributed by atoms with Gasteiger partial charge in [0.2, 0.25) is 0 Å². The molecule has 3 aromatic rings. The SMILES string of the molecule is CSc1nccc(-c2oc(CN3CCCCC3)cc2-c2cccc3c2CCC3=O)n1. The highest BCUT2D eigenvalue weighted by Gasteiger charge is 2.26. The van der Waals surface area contributed by atoms with Crippen molar-refractivity contribution in [2.75, 3.05) is 19.3 Å². The molecule has 0 saturated carbocycles. The largest absolute Gasteiger partial charge is 0.457 e. The van der Waals surface area contributed by atoms with Gasteiger partial charge in [0.05, 0.1) is 6.54 Å². The number of aromatic nitrogens is 2. The number of hydrogen-bond acceptors (Lipinski definition) is 6. The molecule has 0 unspecified atom stereocenters. The summed E-state index contributed by atoms with van der Waals surface area (Å²) in [6.07, 6.45) is 8.94. The van der Waals surface area contributed by atoms with Crippen LogP contribution in [0.2, 0.25) is 0 Å². The highest BCUT2D eigenvalue weighted by atomic mass is 32.2. The molecule has 2 aromatic heterocycles. The Hall–Kier alpha value is -2.44. The van der Waals surface area contributed by atoms with E-state index in [2.05, 4.69) is 22.0 Å². The van der Waals surface area contributed by atoms with Crippen LogP contribution in [0.5, 0.6) is 0 Å². The number of carbonyl (C=O) groups excluding carboxylic acids is 1. The second kappa shape index (κ2) is 8.36. The number of fused-ring (bicyclic) bond motifs is 1. The second-order valence-corrected chi connectivity index (χ2v) is 8.75. The van der Waals surface area contributed by atoms with Gasteiger partial charge in [0.15, 0.2) is 16.7 Å². The van der Waals surface area contributed by atoms with Gasteiger partial charge in [-0.3, -0.25) is 9.69 Å². The third-order valence-corrected chi connectivity index (χ3v) is 6.59. The summed E-state index contributed by atoms with van der Waals surface area (Å²) in [6, 6.07) is 10.1. The molecule has 0 radical (unpaired) electrons. The van der Waals surface area contributed by atoms with Crippen molar-refractivity contribution in [3.05, 3.63) is 53.4 Å². The maximum absolute atomic E-state index is 12.3. The van der Waals surface area contributed by atoms with Crippen LogP contribution >= 0.6 is 11.8 Å². The Balaban J connectivity index is 1.61. The third-order valence-electron chi connectivity index (χ3n) is 6.03. The van der Waals surface area contributed by atoms with E-state index >= 15 is 0 Å². The summed E-state index contributed by atoms with van der Waals surface area (Å²) in [5.41, 5.74) is 4.89. The van der Waals surface area contributed by atoms with Gasteiger partial charge in [0.1, 0.15) is 11.5 Å². The molecule has 154 valence electrons. The molecule has 5 nitrogen and oxygen atoms in total. The van der Waals surface area contributed by atoms with Crippen LogP contribution in [0.4, 0.5) is 0 Å². The van der Waals surface area contributed by atoms with Gasteiger partial charge in [0, 0.05) is 23.7 Å². The van der Waals surface area contributed by atoms with Crippen molar-refractivity contribution >= 4 is 17.5 Å². The first kappa shape index (κ1) is 19.5. The lowest BCUT2D eigenvalue weighted by Gasteiger charge is -2.25. The summed E-state index contributed by atoms with van der Waals surface area (Å²) in [5.74, 6) is 1.96. The lowest BCUT2D eigenvalue weighted by Crippen LogP contribution is -2.28. The number of rotatable bonds is 5. The molecule has 0 N–H and O–H groups in total. The van der Waals surface area contributed by atoms with E-state index in [-0.39, 0.29) is 5.78 Å². The maximum Gasteiger partial charge on any atom is 0.187 e. The molecule has 5 rings (SSSR count). The van der Waals surface area contributed by atoms with Crippen molar-refractivity contribution in [1.29, 1.82) is 0 Å². The van der Waals surface area contributed by atoms with Gasteiger partial charge in [-0.15, -0.1) is 0 Å². The van der Waals surface area contributed by atoms with E-state index in [1.807, 2.05) is 24.5 Å². The maximum atomic E-state index is 12.3. The van der Waals surface area contributed by atoms with Crippen LogP contribution in [-0.2, 0) is 13.0 Å². The smallest absolute Gasteiger partial charge is 0.187 e. The Labute approximate surface area is 180 Å². The normalized spacial score (nSPS) is 16.8. The van der Waals surface area contributed by atoms with Crippen LogP contribution in [0.25, 0.3) is 22.6 Å². The zero-order valence-corrected chi connectivity index (χ0v) is 18.0. The number of thioether (sulfide) groups is 1. The van der Waals surface area contributed by atoms with Crippen molar-refractivity contribution in [1.82, 2.24) is 14.9 Å². The summed E-state index contributed by atoms with van der Waals surface area (Å²) >= 11 is 1.52. The van der Waals surface area contributed by atoms with Crippen LogP contribution < -0.4 is 0 Å². The summed E-state index contributed by atoms with van der Waals surface area (Å²) in [4.78, 5) is 23.8. The Morgan fingerprint density at radius 2 is 1.90 bits per heavy atom. The molecule has 3 heterocycles. The second-order valence-electron chi connectivity index (χ2n) is 7.98. The molecule has 6 heteroatoms. The highest BCUT2D eigenvalue weighted by Crippen LogP contribution is 2.40. The number of Topliss-reactive ketones (excluding diaryl/α,β-unsaturated/α-hetero) is 1. The fraction of sp³-hybridized carbons (Fsp3) is 0.375. The summed E-state index contributed by atoms with van der Waals surface area (Å²) < 4.78 is 6.42. The van der Waals surface area contributed by atoms with Gasteiger partial charge in [-0.1, -0.05) is 36.4 Å². The van der Waals surface area contributed by atoms with Gasteiger partial charge in [0.25, 0.3) is 0 Å². The van der Waals surface area contributed by atoms with Gasteiger partial charge >= 0.3 is 0 Å². The van der Waals surface area contributed by atoms with Crippen LogP contribution in [0.15, 0.2) is 46.1 Å². The first-order valence-electron chi connectivity index (χ1n) is 10.6. The molecule has 1 saturated heterocycles. The summed E-state index contributed by atoms with van der Waals surface area (Å²) in [6.45, 7) is 3.04. The molecule has 1 aliphatic heterocycles. The molecule has 0 atom stereocenters. The monoisotopic (exact) mass is 419 g/mol. The van der Waals surface area contributed by atoms with Crippen molar-refractivity contribution < 1.29 is 9.21 Å². The molecule has 1 aliphatic carbocycles. The minimum Gasteiger partial charge on any atom is -0.457 e. The zero-order valence-electron chi connectivity index (χ0n) is 17.2. The van der Waals surface area contributed by atoms with Gasteiger partial charge in [-0.2, -0.15) is 0 Å². The average Bonchev–Trinajstić information content (AvgIpc) is 3.38. The zero-order chi connectivity index (χ0) is 20.5. The lowest BCUT2D eigenvalue weighted by molar-refractivity contribution is 0.0994. The van der Waals surface area contributed by atoms with Crippen LogP contribution in [0, 0.1) is 0 Å².